The van der Waals surface area contributed by atoms with Gasteiger partial charge in [0.05, 0.1) is 6.61 Å². The van der Waals surface area contributed by atoms with Crippen molar-refractivity contribution >= 4 is 51.3 Å². The van der Waals surface area contributed by atoms with Crippen molar-refractivity contribution in [3.05, 3.63) is 53.9 Å². The van der Waals surface area contributed by atoms with Gasteiger partial charge in [0, 0.05) is 35.7 Å². The van der Waals surface area contributed by atoms with E-state index in [1.165, 1.54) is 29.3 Å². The van der Waals surface area contributed by atoms with E-state index in [-0.39, 0.29) is 6.42 Å². The van der Waals surface area contributed by atoms with Crippen LogP contribution in [0.5, 0.6) is 5.06 Å². The molecule has 0 atom stereocenters. The third-order valence-corrected chi connectivity index (χ3v) is 9.45. The Morgan fingerprint density at radius 1 is 0.710 bits per heavy atom. The van der Waals surface area contributed by atoms with Crippen LogP contribution in [-0.4, -0.2) is 17.7 Å². The Kier molecular flexibility index (Phi) is 7.97. The van der Waals surface area contributed by atoms with Gasteiger partial charge >= 0.3 is 5.97 Å². The molecule has 0 radical (unpaired) electrons. The molecule has 0 spiro atoms. The van der Waals surface area contributed by atoms with E-state index in [2.05, 4.69) is 53.9 Å². The Morgan fingerprint density at radius 2 is 1.29 bits per heavy atom. The molecule has 0 saturated carbocycles. The lowest BCUT2D eigenvalue weighted by molar-refractivity contribution is -0.137. The normalized spacial score (nSPS) is 11.1. The Labute approximate surface area is 198 Å². The van der Waals surface area contributed by atoms with Crippen molar-refractivity contribution in [2.75, 3.05) is 6.61 Å². The van der Waals surface area contributed by atoms with Crippen LogP contribution >= 0.6 is 45.3 Å². The number of unbranched alkanes of at least 4 members (excludes halogenated alkanes) is 4. The maximum Gasteiger partial charge on any atom is 0.303 e. The van der Waals surface area contributed by atoms with Crippen LogP contribution in [0.3, 0.4) is 0 Å². The molecular formula is C24H24O3S4. The smallest absolute Gasteiger partial charge is 0.303 e. The molecule has 3 nitrogen and oxygen atoms in total. The van der Waals surface area contributed by atoms with E-state index in [4.69, 9.17) is 9.84 Å². The SMILES string of the molecule is O=C(O)CCCCCCCOc1ccc(-c2ccc(-c3ccc(-c4cccs4)s3)s2)s1. The van der Waals surface area contributed by atoms with Gasteiger partial charge in [-0.15, -0.1) is 34.0 Å². The molecule has 0 fully saturated rings. The van der Waals surface area contributed by atoms with E-state index in [0.717, 1.165) is 43.8 Å². The molecule has 0 amide bonds. The predicted molar refractivity (Wildman–Crippen MR) is 135 cm³/mol. The lowest BCUT2D eigenvalue weighted by Gasteiger charge is -2.03. The van der Waals surface area contributed by atoms with Crippen molar-refractivity contribution in [2.24, 2.45) is 0 Å². The fraction of sp³-hybridized carbons (Fsp3) is 0.292. The molecule has 4 aromatic rings. The highest BCUT2D eigenvalue weighted by Gasteiger charge is 2.11. The fourth-order valence-electron chi connectivity index (χ4n) is 3.24. The van der Waals surface area contributed by atoms with Crippen LogP contribution in [-0.2, 0) is 4.79 Å². The first-order chi connectivity index (χ1) is 15.2. The number of carboxylic acids is 1. The molecule has 162 valence electrons. The summed E-state index contributed by atoms with van der Waals surface area (Å²) in [7, 11) is 0. The van der Waals surface area contributed by atoms with Crippen molar-refractivity contribution < 1.29 is 14.6 Å². The van der Waals surface area contributed by atoms with Crippen LogP contribution in [0.25, 0.3) is 29.3 Å². The molecule has 0 aliphatic carbocycles. The highest BCUT2D eigenvalue weighted by atomic mass is 32.1. The van der Waals surface area contributed by atoms with Gasteiger partial charge in [-0.2, -0.15) is 0 Å². The van der Waals surface area contributed by atoms with Crippen molar-refractivity contribution in [1.29, 1.82) is 0 Å². The van der Waals surface area contributed by atoms with E-state index in [1.807, 2.05) is 22.7 Å². The second kappa shape index (κ2) is 11.1. The Hall–Kier alpha value is -1.93. The number of ether oxygens (including phenoxy) is 1. The summed E-state index contributed by atoms with van der Waals surface area (Å²) < 4.78 is 5.92. The summed E-state index contributed by atoms with van der Waals surface area (Å²) in [5.74, 6) is -0.701. The maximum atomic E-state index is 10.5. The first-order valence-corrected chi connectivity index (χ1v) is 13.7. The van der Waals surface area contributed by atoms with Gasteiger partial charge in [0.2, 0.25) is 0 Å². The van der Waals surface area contributed by atoms with Crippen LogP contribution < -0.4 is 4.74 Å². The Bertz CT molecular complexity index is 1090. The minimum absolute atomic E-state index is 0.279. The summed E-state index contributed by atoms with van der Waals surface area (Å²) in [6.07, 6.45) is 5.19. The zero-order valence-electron chi connectivity index (χ0n) is 17.0. The van der Waals surface area contributed by atoms with Crippen molar-refractivity contribution in [1.82, 2.24) is 0 Å². The molecule has 0 unspecified atom stereocenters. The van der Waals surface area contributed by atoms with E-state index < -0.39 is 5.97 Å². The fourth-order valence-corrected chi connectivity index (χ4v) is 7.14. The molecule has 1 N–H and O–H groups in total. The largest absolute Gasteiger partial charge is 0.484 e. The number of hydrogen-bond acceptors (Lipinski definition) is 6. The third-order valence-electron chi connectivity index (χ3n) is 4.82. The molecule has 0 saturated heterocycles. The summed E-state index contributed by atoms with van der Waals surface area (Å²) in [4.78, 5) is 18.3. The quantitative estimate of drug-likeness (QED) is 0.203. The lowest BCUT2D eigenvalue weighted by atomic mass is 10.1. The Balaban J connectivity index is 1.25. The van der Waals surface area contributed by atoms with E-state index in [0.29, 0.717) is 0 Å². The molecule has 4 heterocycles. The van der Waals surface area contributed by atoms with Gasteiger partial charge < -0.3 is 9.84 Å². The zero-order chi connectivity index (χ0) is 21.5. The number of aliphatic carboxylic acids is 1. The molecule has 0 aliphatic rings. The first kappa shape index (κ1) is 22.3. The average Bonchev–Trinajstić information content (AvgIpc) is 3.55. The van der Waals surface area contributed by atoms with Gasteiger partial charge in [0.1, 0.15) is 0 Å². The van der Waals surface area contributed by atoms with Crippen LogP contribution in [0.15, 0.2) is 53.9 Å². The van der Waals surface area contributed by atoms with Gasteiger partial charge in [-0.05, 0) is 60.7 Å². The maximum absolute atomic E-state index is 10.5. The predicted octanol–water partition coefficient (Wildman–Crippen LogP) is 8.74. The number of thiophene rings is 4. The summed E-state index contributed by atoms with van der Waals surface area (Å²) in [5.41, 5.74) is 0. The molecule has 4 rings (SSSR count). The van der Waals surface area contributed by atoms with E-state index >= 15 is 0 Å². The zero-order valence-corrected chi connectivity index (χ0v) is 20.3. The summed E-state index contributed by atoms with van der Waals surface area (Å²) >= 11 is 7.17. The van der Waals surface area contributed by atoms with Crippen molar-refractivity contribution in [2.45, 2.75) is 38.5 Å². The van der Waals surface area contributed by atoms with Crippen molar-refractivity contribution in [3.8, 4) is 34.3 Å². The van der Waals surface area contributed by atoms with Crippen molar-refractivity contribution in [3.63, 3.8) is 0 Å². The third kappa shape index (κ3) is 6.29. The number of rotatable bonds is 12. The molecule has 4 aromatic heterocycles. The number of carbonyl (C=O) groups is 1. The van der Waals surface area contributed by atoms with Gasteiger partial charge in [-0.25, -0.2) is 0 Å². The standard InChI is InChI=1S/C24H24O3S4/c25-23(26)8-4-2-1-3-5-15-27-24-14-13-22(31-24)21-12-11-20(30-21)19-10-9-18(29-19)17-7-6-16-28-17/h6-7,9-14,16H,1-5,8,15H2,(H,25,26). The molecule has 0 aliphatic heterocycles. The lowest BCUT2D eigenvalue weighted by Crippen LogP contribution is -1.96. The monoisotopic (exact) mass is 488 g/mol. The van der Waals surface area contributed by atoms with E-state index in [1.54, 1.807) is 22.7 Å². The van der Waals surface area contributed by atoms with Gasteiger partial charge in [-0.3, -0.25) is 4.79 Å². The second-order valence-corrected chi connectivity index (χ2v) is 11.3. The minimum atomic E-state index is -0.701. The van der Waals surface area contributed by atoms with Gasteiger partial charge in [-0.1, -0.05) is 36.7 Å². The van der Waals surface area contributed by atoms with Gasteiger partial charge in [0.25, 0.3) is 0 Å². The Morgan fingerprint density at radius 3 is 1.94 bits per heavy atom. The summed E-state index contributed by atoms with van der Waals surface area (Å²) in [6.45, 7) is 0.718. The van der Waals surface area contributed by atoms with Crippen LogP contribution in [0.1, 0.15) is 38.5 Å². The molecule has 0 aromatic carbocycles. The molecule has 0 bridgehead atoms. The minimum Gasteiger partial charge on any atom is -0.484 e. The van der Waals surface area contributed by atoms with E-state index in [9.17, 15) is 4.79 Å². The molecule has 7 heteroatoms. The molecule has 31 heavy (non-hydrogen) atoms. The number of carboxylic acid groups (broad SMARTS) is 1. The average molecular weight is 489 g/mol. The highest BCUT2D eigenvalue weighted by Crippen LogP contribution is 2.43. The van der Waals surface area contributed by atoms with Gasteiger partial charge in [0.15, 0.2) is 5.06 Å². The highest BCUT2D eigenvalue weighted by molar-refractivity contribution is 7.28. The van der Waals surface area contributed by atoms with Crippen LogP contribution in [0.4, 0.5) is 0 Å². The molecular weight excluding hydrogens is 465 g/mol. The van der Waals surface area contributed by atoms with Crippen LogP contribution in [0, 0.1) is 0 Å². The topological polar surface area (TPSA) is 46.5 Å². The van der Waals surface area contributed by atoms with Crippen LogP contribution in [0.2, 0.25) is 0 Å². The summed E-state index contributed by atoms with van der Waals surface area (Å²) in [6, 6.07) is 17.3. The second-order valence-electron chi connectivity index (χ2n) is 7.18. The first-order valence-electron chi connectivity index (χ1n) is 10.4. The number of hydrogen-bond donors (Lipinski definition) is 1. The summed E-state index contributed by atoms with van der Waals surface area (Å²) in [5, 5.41) is 11.7.